The van der Waals surface area contributed by atoms with E-state index in [0.29, 0.717) is 35.0 Å². The molecule has 2 N–H and O–H groups in total. The Balaban J connectivity index is 2.28. The maximum Gasteiger partial charge on any atom is 0.308 e. The average molecular weight is 709 g/mol. The quantitative estimate of drug-likeness (QED) is 0.0573. The number of unbranched alkanes of at least 4 members (excludes halogenated alkanes) is 9. The summed E-state index contributed by atoms with van der Waals surface area (Å²) in [6, 6.07) is 10.3. The van der Waals surface area contributed by atoms with Gasteiger partial charge in [0.2, 0.25) is 5.91 Å². The van der Waals surface area contributed by atoms with E-state index in [-0.39, 0.29) is 29.6 Å². The van der Waals surface area contributed by atoms with Crippen LogP contribution in [0.2, 0.25) is 0 Å². The zero-order chi connectivity index (χ0) is 38.2. The van der Waals surface area contributed by atoms with Gasteiger partial charge in [0.15, 0.2) is 6.10 Å². The predicted octanol–water partition coefficient (Wildman–Crippen LogP) is 10.3. The lowest BCUT2D eigenvalue weighted by Crippen LogP contribution is -2.33. The molecule has 0 aliphatic carbocycles. The molecule has 0 aliphatic heterocycles. The van der Waals surface area contributed by atoms with Crippen LogP contribution in [0.4, 0.5) is 11.4 Å². The molecule has 0 heterocycles. The molecule has 0 radical (unpaired) electrons. The first-order valence-corrected chi connectivity index (χ1v) is 18.8. The van der Waals surface area contributed by atoms with Crippen molar-refractivity contribution < 1.29 is 33.4 Å². The first kappa shape index (κ1) is 43.3. The third-order valence-corrected chi connectivity index (χ3v) is 8.44. The molecule has 0 aromatic heterocycles. The molecule has 2 amide bonds. The molecule has 51 heavy (non-hydrogen) atoms. The summed E-state index contributed by atoms with van der Waals surface area (Å²) < 4.78 is 17.8. The third-order valence-electron chi connectivity index (χ3n) is 8.44. The molecule has 1 unspecified atom stereocenters. The first-order valence-electron chi connectivity index (χ1n) is 18.8. The van der Waals surface area contributed by atoms with E-state index < -0.39 is 23.4 Å². The summed E-state index contributed by atoms with van der Waals surface area (Å²) in [5.41, 5.74) is 0.597. The SMILES string of the molecule is CCCCCCCCCCCCC(Oc1ccc(OC(C)=O)c(C(C)(C)C)c1)C(=O)Nc1ccc(OC(C)C)c(NC(=O)CC(=O)C(C)(C)C)c1. The largest absolute Gasteiger partial charge is 0.489 e. The maximum atomic E-state index is 13.9. The summed E-state index contributed by atoms with van der Waals surface area (Å²) in [5, 5.41) is 5.79. The Labute approximate surface area is 307 Å². The molecule has 0 saturated heterocycles. The van der Waals surface area contributed by atoms with Crippen LogP contribution in [0.3, 0.4) is 0 Å². The minimum atomic E-state index is -0.805. The lowest BCUT2D eigenvalue weighted by molar-refractivity contribution is -0.132. The molecule has 1 atom stereocenters. The zero-order valence-electron chi connectivity index (χ0n) is 33.0. The van der Waals surface area contributed by atoms with E-state index in [9.17, 15) is 19.2 Å². The van der Waals surface area contributed by atoms with E-state index in [0.717, 1.165) is 24.8 Å². The second kappa shape index (κ2) is 20.8. The van der Waals surface area contributed by atoms with Crippen LogP contribution in [0.15, 0.2) is 36.4 Å². The highest BCUT2D eigenvalue weighted by molar-refractivity contribution is 6.06. The summed E-state index contributed by atoms with van der Waals surface area (Å²) in [6.07, 6.45) is 11.0. The van der Waals surface area contributed by atoms with Crippen molar-refractivity contribution in [2.45, 2.75) is 164 Å². The van der Waals surface area contributed by atoms with Gasteiger partial charge in [0.1, 0.15) is 23.0 Å². The van der Waals surface area contributed by atoms with Gasteiger partial charge in [-0.05, 0) is 68.5 Å². The number of benzene rings is 2. The van der Waals surface area contributed by atoms with Crippen LogP contribution >= 0.6 is 0 Å². The van der Waals surface area contributed by atoms with E-state index in [1.54, 1.807) is 51.1 Å². The topological polar surface area (TPSA) is 120 Å². The highest BCUT2D eigenvalue weighted by Gasteiger charge is 2.26. The number of anilines is 2. The number of rotatable bonds is 21. The Hall–Kier alpha value is -3.88. The smallest absolute Gasteiger partial charge is 0.308 e. The van der Waals surface area contributed by atoms with Crippen molar-refractivity contribution in [2.24, 2.45) is 5.41 Å². The standard InChI is InChI=1S/C42H64N2O7/c1-11-12-13-14-15-16-17-18-19-20-21-37(51-32-23-25-35(50-30(4)45)33(27-32)41(5,6)7)40(48)43-31-22-24-36(49-29(2)3)34(26-31)44-39(47)28-38(46)42(8,9)10/h22-27,29,37H,11-21,28H2,1-10H3,(H,43,48)(H,44,47). The molecule has 0 saturated carbocycles. The molecule has 2 aromatic carbocycles. The van der Waals surface area contributed by atoms with E-state index >= 15 is 0 Å². The lowest BCUT2D eigenvalue weighted by atomic mass is 9.86. The molecule has 284 valence electrons. The summed E-state index contributed by atoms with van der Waals surface area (Å²) in [5.74, 6) is 0.0129. The Morgan fingerprint density at radius 3 is 1.86 bits per heavy atom. The zero-order valence-corrected chi connectivity index (χ0v) is 33.0. The molecule has 2 aromatic rings. The van der Waals surface area contributed by atoms with Gasteiger partial charge in [-0.25, -0.2) is 0 Å². The molecule has 9 nitrogen and oxygen atoms in total. The van der Waals surface area contributed by atoms with Crippen LogP contribution in [0.5, 0.6) is 17.2 Å². The van der Waals surface area contributed by atoms with Gasteiger partial charge >= 0.3 is 5.97 Å². The van der Waals surface area contributed by atoms with Crippen molar-refractivity contribution in [2.75, 3.05) is 10.6 Å². The van der Waals surface area contributed by atoms with Gasteiger partial charge in [-0.3, -0.25) is 19.2 Å². The van der Waals surface area contributed by atoms with Gasteiger partial charge in [0.25, 0.3) is 5.91 Å². The summed E-state index contributed by atoms with van der Waals surface area (Å²) in [4.78, 5) is 51.1. The summed E-state index contributed by atoms with van der Waals surface area (Å²) in [7, 11) is 0. The van der Waals surface area contributed by atoms with Crippen molar-refractivity contribution >= 4 is 34.9 Å². The van der Waals surface area contributed by atoms with Gasteiger partial charge in [-0.1, -0.05) is 106 Å². The average Bonchev–Trinajstić information content (AvgIpc) is 3.01. The minimum absolute atomic E-state index is 0.165. The molecule has 0 bridgehead atoms. The third kappa shape index (κ3) is 16.3. The van der Waals surface area contributed by atoms with E-state index in [4.69, 9.17) is 14.2 Å². The predicted molar refractivity (Wildman–Crippen MR) is 206 cm³/mol. The first-order chi connectivity index (χ1) is 23.9. The van der Waals surface area contributed by atoms with Crippen LogP contribution in [-0.2, 0) is 24.6 Å². The van der Waals surface area contributed by atoms with Crippen LogP contribution in [0, 0.1) is 5.41 Å². The highest BCUT2D eigenvalue weighted by atomic mass is 16.5. The maximum absolute atomic E-state index is 13.9. The van der Waals surface area contributed by atoms with E-state index in [1.165, 1.54) is 51.9 Å². The number of carbonyl (C=O) groups is 4. The molecule has 0 aliphatic rings. The number of hydrogen-bond donors (Lipinski definition) is 2. The second-order valence-electron chi connectivity index (χ2n) is 15.8. The number of ether oxygens (including phenoxy) is 3. The van der Waals surface area contributed by atoms with Gasteiger partial charge in [-0.15, -0.1) is 0 Å². The van der Waals surface area contributed by atoms with Crippen LogP contribution in [-0.4, -0.2) is 35.8 Å². The fourth-order valence-corrected chi connectivity index (χ4v) is 5.53. The Kier molecular flexibility index (Phi) is 17.7. The molecule has 2 rings (SSSR count). The lowest BCUT2D eigenvalue weighted by Gasteiger charge is -2.25. The number of hydrogen-bond acceptors (Lipinski definition) is 7. The Morgan fingerprint density at radius 2 is 1.31 bits per heavy atom. The van der Waals surface area contributed by atoms with Crippen molar-refractivity contribution in [1.82, 2.24) is 0 Å². The summed E-state index contributed by atoms with van der Waals surface area (Å²) >= 11 is 0. The van der Waals surface area contributed by atoms with Crippen LogP contribution in [0.25, 0.3) is 0 Å². The fraction of sp³-hybridized carbons (Fsp3) is 0.619. The minimum Gasteiger partial charge on any atom is -0.489 e. The number of amides is 2. The van der Waals surface area contributed by atoms with Crippen molar-refractivity contribution in [1.29, 1.82) is 0 Å². The van der Waals surface area contributed by atoms with Gasteiger partial charge in [0, 0.05) is 23.6 Å². The van der Waals surface area contributed by atoms with Crippen molar-refractivity contribution in [3.8, 4) is 17.2 Å². The summed E-state index contributed by atoms with van der Waals surface area (Å²) in [6.45, 7) is 18.8. The van der Waals surface area contributed by atoms with Gasteiger partial charge in [-0.2, -0.15) is 0 Å². The monoisotopic (exact) mass is 708 g/mol. The number of nitrogens with one attached hydrogen (secondary N) is 2. The van der Waals surface area contributed by atoms with Gasteiger partial charge in [0.05, 0.1) is 18.2 Å². The fourth-order valence-electron chi connectivity index (χ4n) is 5.53. The molecule has 0 spiro atoms. The van der Waals surface area contributed by atoms with Gasteiger partial charge < -0.3 is 24.8 Å². The van der Waals surface area contributed by atoms with Crippen molar-refractivity contribution in [3.63, 3.8) is 0 Å². The number of carbonyl (C=O) groups excluding carboxylic acids is 4. The molecule has 0 fully saturated rings. The molecule has 9 heteroatoms. The normalized spacial score (nSPS) is 12.3. The van der Waals surface area contributed by atoms with E-state index in [1.807, 2.05) is 40.7 Å². The molecular weight excluding hydrogens is 644 g/mol. The van der Waals surface area contributed by atoms with Crippen LogP contribution in [0.1, 0.15) is 152 Å². The van der Waals surface area contributed by atoms with Crippen molar-refractivity contribution in [3.05, 3.63) is 42.0 Å². The Morgan fingerprint density at radius 1 is 0.725 bits per heavy atom. The number of ketones is 1. The van der Waals surface area contributed by atoms with E-state index in [2.05, 4.69) is 17.6 Å². The van der Waals surface area contributed by atoms with Crippen LogP contribution < -0.4 is 24.8 Å². The molecular formula is C42H64N2O7. The number of Topliss-reactive ketones (excluding diaryl/α,β-unsaturated/α-hetero) is 1. The second-order valence-corrected chi connectivity index (χ2v) is 15.8. The highest BCUT2D eigenvalue weighted by Crippen LogP contribution is 2.35. The Bertz CT molecular complexity index is 1440. The number of esters is 1.